The summed E-state index contributed by atoms with van der Waals surface area (Å²) in [6, 6.07) is 19.3. The number of amides is 2. The van der Waals surface area contributed by atoms with Gasteiger partial charge in [0.2, 0.25) is 21.8 Å². The zero-order valence-electron chi connectivity index (χ0n) is 23.3. The standard InChI is InChI=1S/C30H35ClFN3O4S/c1-21-10-9-13-23(16-21)19-34(27(29(37)33-30(2,3)4)17-22-11-7-6-8-12-22)28(36)20-35(40(5,38)39)24-14-15-26(32)25(31)18-24/h6-16,18,27H,17,19-20H2,1-5H3,(H,33,37)/t27-/m0/s1. The number of rotatable bonds is 10. The third-order valence-corrected chi connectivity index (χ3v) is 7.51. The van der Waals surface area contributed by atoms with E-state index < -0.39 is 39.9 Å². The van der Waals surface area contributed by atoms with Crippen LogP contribution in [0.2, 0.25) is 5.02 Å². The molecule has 0 aliphatic carbocycles. The lowest BCUT2D eigenvalue weighted by Crippen LogP contribution is -2.56. The fourth-order valence-corrected chi connectivity index (χ4v) is 5.28. The third-order valence-electron chi connectivity index (χ3n) is 6.08. The normalized spacial score (nSPS) is 12.5. The lowest BCUT2D eigenvalue weighted by Gasteiger charge is -2.35. The molecule has 3 aromatic carbocycles. The lowest BCUT2D eigenvalue weighted by atomic mass is 10.0. The molecule has 2 amide bonds. The second-order valence-corrected chi connectivity index (χ2v) is 13.1. The van der Waals surface area contributed by atoms with Crippen molar-refractivity contribution < 1.29 is 22.4 Å². The van der Waals surface area contributed by atoms with E-state index in [1.807, 2.05) is 82.3 Å². The molecule has 7 nitrogen and oxygen atoms in total. The van der Waals surface area contributed by atoms with E-state index in [0.717, 1.165) is 39.4 Å². The van der Waals surface area contributed by atoms with Gasteiger partial charge >= 0.3 is 0 Å². The molecule has 0 spiro atoms. The van der Waals surface area contributed by atoms with E-state index in [1.165, 1.54) is 11.0 Å². The molecule has 0 radical (unpaired) electrons. The molecule has 214 valence electrons. The minimum atomic E-state index is -3.99. The summed E-state index contributed by atoms with van der Waals surface area (Å²) in [4.78, 5) is 29.2. The van der Waals surface area contributed by atoms with Crippen molar-refractivity contribution in [2.75, 3.05) is 17.1 Å². The van der Waals surface area contributed by atoms with Gasteiger partial charge in [0, 0.05) is 18.5 Å². The summed E-state index contributed by atoms with van der Waals surface area (Å²) in [6.07, 6.45) is 1.16. The van der Waals surface area contributed by atoms with Crippen molar-refractivity contribution in [3.05, 3.63) is 100 Å². The number of nitrogens with one attached hydrogen (secondary N) is 1. The molecule has 40 heavy (non-hydrogen) atoms. The number of benzene rings is 3. The van der Waals surface area contributed by atoms with Crippen molar-refractivity contribution in [2.45, 2.75) is 52.2 Å². The first-order valence-electron chi connectivity index (χ1n) is 12.8. The lowest BCUT2D eigenvalue weighted by molar-refractivity contribution is -0.140. The highest BCUT2D eigenvalue weighted by molar-refractivity contribution is 7.92. The average molecular weight is 588 g/mol. The van der Waals surface area contributed by atoms with Gasteiger partial charge in [0.05, 0.1) is 17.0 Å². The molecule has 3 rings (SSSR count). The van der Waals surface area contributed by atoms with Crippen molar-refractivity contribution in [1.82, 2.24) is 10.2 Å². The van der Waals surface area contributed by atoms with Crippen molar-refractivity contribution >= 4 is 39.1 Å². The van der Waals surface area contributed by atoms with E-state index in [4.69, 9.17) is 11.6 Å². The predicted octanol–water partition coefficient (Wildman–Crippen LogP) is 5.11. The van der Waals surface area contributed by atoms with Gasteiger partial charge in [0.15, 0.2) is 0 Å². The zero-order valence-corrected chi connectivity index (χ0v) is 24.9. The van der Waals surface area contributed by atoms with E-state index >= 15 is 0 Å². The summed E-state index contributed by atoms with van der Waals surface area (Å²) in [7, 11) is -3.99. The van der Waals surface area contributed by atoms with Gasteiger partial charge in [-0.3, -0.25) is 13.9 Å². The highest BCUT2D eigenvalue weighted by Crippen LogP contribution is 2.25. The van der Waals surface area contributed by atoms with Crippen molar-refractivity contribution in [3.8, 4) is 0 Å². The van der Waals surface area contributed by atoms with Crippen LogP contribution < -0.4 is 9.62 Å². The Morgan fingerprint density at radius 1 is 0.975 bits per heavy atom. The van der Waals surface area contributed by atoms with Crippen molar-refractivity contribution in [1.29, 1.82) is 0 Å². The summed E-state index contributed by atoms with van der Waals surface area (Å²) >= 11 is 5.93. The van der Waals surface area contributed by atoms with Crippen molar-refractivity contribution in [2.24, 2.45) is 0 Å². The number of anilines is 1. The minimum Gasteiger partial charge on any atom is -0.350 e. The van der Waals surface area contributed by atoms with Crippen LogP contribution in [0.5, 0.6) is 0 Å². The maximum absolute atomic E-state index is 14.0. The fourth-order valence-electron chi connectivity index (χ4n) is 4.27. The van der Waals surface area contributed by atoms with Crippen LogP contribution in [0.4, 0.5) is 10.1 Å². The first-order chi connectivity index (χ1) is 18.6. The molecule has 0 aliphatic heterocycles. The van der Waals surface area contributed by atoms with Crippen LogP contribution >= 0.6 is 11.6 Å². The number of halogens is 2. The van der Waals surface area contributed by atoms with Gasteiger partial charge < -0.3 is 10.2 Å². The molecule has 10 heteroatoms. The fraction of sp³-hybridized carbons (Fsp3) is 0.333. The third kappa shape index (κ3) is 8.79. The Morgan fingerprint density at radius 3 is 2.20 bits per heavy atom. The van der Waals surface area contributed by atoms with E-state index in [9.17, 15) is 22.4 Å². The van der Waals surface area contributed by atoms with Crippen LogP contribution in [-0.2, 0) is 32.6 Å². The highest BCUT2D eigenvalue weighted by atomic mass is 35.5. The number of carbonyl (C=O) groups is 2. The highest BCUT2D eigenvalue weighted by Gasteiger charge is 2.34. The quantitative estimate of drug-likeness (QED) is 0.357. The Kier molecular flexibility index (Phi) is 9.97. The molecule has 0 fully saturated rings. The van der Waals surface area contributed by atoms with Crippen molar-refractivity contribution in [3.63, 3.8) is 0 Å². The Hall–Kier alpha value is -3.43. The molecule has 0 saturated carbocycles. The molecule has 0 saturated heterocycles. The zero-order chi connectivity index (χ0) is 29.7. The molecular weight excluding hydrogens is 553 g/mol. The van der Waals surface area contributed by atoms with E-state index in [-0.39, 0.29) is 29.6 Å². The smallest absolute Gasteiger partial charge is 0.244 e. The molecular formula is C30H35ClFN3O4S. The van der Waals surface area contributed by atoms with Gasteiger partial charge in [-0.2, -0.15) is 0 Å². The Labute approximate surface area is 241 Å². The maximum atomic E-state index is 14.0. The Balaban J connectivity index is 2.09. The maximum Gasteiger partial charge on any atom is 0.244 e. The van der Waals surface area contributed by atoms with E-state index in [1.54, 1.807) is 0 Å². The molecule has 1 N–H and O–H groups in total. The molecule has 0 aromatic heterocycles. The predicted molar refractivity (Wildman–Crippen MR) is 157 cm³/mol. The van der Waals surface area contributed by atoms with Gasteiger partial charge in [0.1, 0.15) is 18.4 Å². The van der Waals surface area contributed by atoms with Gasteiger partial charge in [-0.15, -0.1) is 0 Å². The molecule has 0 unspecified atom stereocenters. The van der Waals surface area contributed by atoms with Gasteiger partial charge in [-0.05, 0) is 57.0 Å². The Bertz CT molecular complexity index is 1460. The molecule has 0 heterocycles. The SMILES string of the molecule is Cc1cccc(CN(C(=O)CN(c2ccc(F)c(Cl)c2)S(C)(=O)=O)[C@@H](Cc2ccccc2)C(=O)NC(C)(C)C)c1. The van der Waals surface area contributed by atoms with E-state index in [0.29, 0.717) is 0 Å². The summed E-state index contributed by atoms with van der Waals surface area (Å²) in [6.45, 7) is 6.92. The number of hydrogen-bond donors (Lipinski definition) is 1. The van der Waals surface area contributed by atoms with Crippen LogP contribution in [-0.4, -0.2) is 49.5 Å². The second-order valence-electron chi connectivity index (χ2n) is 10.8. The van der Waals surface area contributed by atoms with Gasteiger partial charge in [0.25, 0.3) is 0 Å². The van der Waals surface area contributed by atoms with E-state index in [2.05, 4.69) is 5.32 Å². The molecule has 0 bridgehead atoms. The first-order valence-corrected chi connectivity index (χ1v) is 15.0. The summed E-state index contributed by atoms with van der Waals surface area (Å²) < 4.78 is 40.3. The molecule has 1 atom stereocenters. The number of sulfonamides is 1. The average Bonchev–Trinajstić information content (AvgIpc) is 2.85. The summed E-state index contributed by atoms with van der Waals surface area (Å²) in [5.41, 5.74) is 2.06. The number of nitrogens with zero attached hydrogens (tertiary/aromatic N) is 2. The monoisotopic (exact) mass is 587 g/mol. The first kappa shape index (κ1) is 31.1. The second kappa shape index (κ2) is 12.8. The number of hydrogen-bond acceptors (Lipinski definition) is 4. The summed E-state index contributed by atoms with van der Waals surface area (Å²) in [5, 5.41) is 2.70. The van der Waals surface area contributed by atoms with Crippen LogP contribution in [0, 0.1) is 12.7 Å². The molecule has 0 aliphatic rings. The Morgan fingerprint density at radius 2 is 1.62 bits per heavy atom. The van der Waals surface area contributed by atoms with Crippen LogP contribution in [0.15, 0.2) is 72.8 Å². The number of carbonyl (C=O) groups excluding carboxylic acids is 2. The van der Waals surface area contributed by atoms with Crippen LogP contribution in [0.3, 0.4) is 0 Å². The minimum absolute atomic E-state index is 0.0384. The van der Waals surface area contributed by atoms with Gasteiger partial charge in [-0.25, -0.2) is 12.8 Å². The van der Waals surface area contributed by atoms with Crippen LogP contribution in [0.1, 0.15) is 37.5 Å². The number of aryl methyl sites for hydroxylation is 1. The van der Waals surface area contributed by atoms with Crippen LogP contribution in [0.25, 0.3) is 0 Å². The topological polar surface area (TPSA) is 86.8 Å². The largest absolute Gasteiger partial charge is 0.350 e. The molecule has 3 aromatic rings. The summed E-state index contributed by atoms with van der Waals surface area (Å²) in [5.74, 6) is -1.68. The van der Waals surface area contributed by atoms with Gasteiger partial charge in [-0.1, -0.05) is 71.8 Å².